The highest BCUT2D eigenvalue weighted by Gasteiger charge is 2.26. The number of hydrogen-bond donors (Lipinski definition) is 3. The van der Waals surface area contributed by atoms with Crippen molar-refractivity contribution in [1.29, 1.82) is 0 Å². The lowest BCUT2D eigenvalue weighted by atomic mass is 9.98. The molecule has 0 aromatic heterocycles. The molecule has 1 aromatic rings. The molecular weight excluding hydrogens is 384 g/mol. The number of carbonyl (C=O) groups excluding carboxylic acids is 1. The fraction of sp³-hybridized carbons (Fsp3) is 0.632. The first-order valence-electron chi connectivity index (χ1n) is 9.16. The number of hydrogen-bond acceptors (Lipinski definition) is 5. The van der Waals surface area contributed by atoms with Gasteiger partial charge in [-0.15, -0.1) is 0 Å². The third-order valence-electron chi connectivity index (χ3n) is 4.18. The average molecular weight is 417 g/mol. The second-order valence-electron chi connectivity index (χ2n) is 7.19. The van der Waals surface area contributed by atoms with Crippen molar-refractivity contribution >= 4 is 27.7 Å². The van der Waals surface area contributed by atoms with Gasteiger partial charge < -0.3 is 10.4 Å². The molecule has 1 amide bonds. The highest BCUT2D eigenvalue weighted by Crippen LogP contribution is 2.13. The molecular formula is C19H32N2O4S2. The zero-order valence-electron chi connectivity index (χ0n) is 16.6. The minimum absolute atomic E-state index is 0.0109. The maximum Gasteiger partial charge on any atom is 0.241 e. The molecule has 0 bridgehead atoms. The van der Waals surface area contributed by atoms with Crippen molar-refractivity contribution in [3.8, 4) is 0 Å². The molecule has 0 fully saturated rings. The maximum atomic E-state index is 12.6. The molecule has 0 heterocycles. The van der Waals surface area contributed by atoms with Crippen LogP contribution in [0.3, 0.4) is 0 Å². The Labute approximate surface area is 167 Å². The second-order valence-corrected chi connectivity index (χ2v) is 9.89. The van der Waals surface area contributed by atoms with Crippen LogP contribution >= 0.6 is 11.8 Å². The van der Waals surface area contributed by atoms with Crippen molar-refractivity contribution in [2.45, 2.75) is 44.6 Å². The summed E-state index contributed by atoms with van der Waals surface area (Å²) >= 11 is 1.55. The molecule has 0 unspecified atom stereocenters. The highest BCUT2D eigenvalue weighted by molar-refractivity contribution is 7.98. The molecule has 0 aliphatic carbocycles. The predicted molar refractivity (Wildman–Crippen MR) is 111 cm³/mol. The molecule has 6 nitrogen and oxygen atoms in total. The Morgan fingerprint density at radius 2 is 1.85 bits per heavy atom. The summed E-state index contributed by atoms with van der Waals surface area (Å²) in [6, 6.07) is 5.67. The molecule has 3 N–H and O–H groups in total. The average Bonchev–Trinajstić information content (AvgIpc) is 2.61. The van der Waals surface area contributed by atoms with Crippen LogP contribution in [0.25, 0.3) is 0 Å². The van der Waals surface area contributed by atoms with Crippen molar-refractivity contribution in [2.24, 2.45) is 11.8 Å². The first-order valence-corrected chi connectivity index (χ1v) is 12.0. The van der Waals surface area contributed by atoms with Crippen LogP contribution in [0, 0.1) is 18.8 Å². The lowest BCUT2D eigenvalue weighted by molar-refractivity contribution is -0.123. The monoisotopic (exact) mass is 416 g/mol. The van der Waals surface area contributed by atoms with E-state index in [1.165, 1.54) is 12.1 Å². The van der Waals surface area contributed by atoms with Gasteiger partial charge in [0, 0.05) is 13.2 Å². The zero-order chi connectivity index (χ0) is 20.4. The number of nitrogens with one attached hydrogen (secondary N) is 2. The molecule has 2 atom stereocenters. The zero-order valence-corrected chi connectivity index (χ0v) is 18.2. The molecule has 0 aliphatic rings. The molecule has 1 rings (SSSR count). The summed E-state index contributed by atoms with van der Waals surface area (Å²) in [7, 11) is -3.78. The summed E-state index contributed by atoms with van der Waals surface area (Å²) in [6.07, 6.45) is 3.10. The third kappa shape index (κ3) is 8.64. The number of thioether (sulfide) groups is 1. The summed E-state index contributed by atoms with van der Waals surface area (Å²) in [4.78, 5) is 12.7. The van der Waals surface area contributed by atoms with Gasteiger partial charge in [-0.2, -0.15) is 16.5 Å². The van der Waals surface area contributed by atoms with Crippen molar-refractivity contribution in [3.05, 3.63) is 29.8 Å². The third-order valence-corrected chi connectivity index (χ3v) is 6.32. The summed E-state index contributed by atoms with van der Waals surface area (Å²) in [5.41, 5.74) is 0.964. The van der Waals surface area contributed by atoms with E-state index in [4.69, 9.17) is 0 Å². The van der Waals surface area contributed by atoms with Crippen molar-refractivity contribution in [1.82, 2.24) is 10.0 Å². The van der Waals surface area contributed by atoms with Crippen LogP contribution in [0.4, 0.5) is 0 Å². The van der Waals surface area contributed by atoms with Gasteiger partial charge >= 0.3 is 0 Å². The largest absolute Gasteiger partial charge is 0.396 e. The second kappa shape index (κ2) is 11.7. The topological polar surface area (TPSA) is 95.5 Å². The normalized spacial score (nSPS) is 14.1. The lowest BCUT2D eigenvalue weighted by Gasteiger charge is -2.21. The number of rotatable bonds is 12. The van der Waals surface area contributed by atoms with Crippen LogP contribution in [-0.2, 0) is 14.8 Å². The summed E-state index contributed by atoms with van der Waals surface area (Å²) in [5.74, 6) is 0.668. The number of aliphatic hydroxyl groups excluding tert-OH is 1. The smallest absolute Gasteiger partial charge is 0.241 e. The van der Waals surface area contributed by atoms with Gasteiger partial charge in [0.05, 0.1) is 4.90 Å². The van der Waals surface area contributed by atoms with E-state index >= 15 is 0 Å². The number of aryl methyl sites for hydroxylation is 1. The summed E-state index contributed by atoms with van der Waals surface area (Å²) in [5, 5.41) is 12.3. The van der Waals surface area contributed by atoms with Crippen LogP contribution in [0.5, 0.6) is 0 Å². The van der Waals surface area contributed by atoms with E-state index in [1.807, 2.05) is 13.2 Å². The van der Waals surface area contributed by atoms with E-state index in [1.54, 1.807) is 23.9 Å². The van der Waals surface area contributed by atoms with Gasteiger partial charge in [0.1, 0.15) is 6.04 Å². The number of benzene rings is 1. The van der Waals surface area contributed by atoms with Gasteiger partial charge in [0.15, 0.2) is 0 Å². The van der Waals surface area contributed by atoms with Gasteiger partial charge in [0.25, 0.3) is 0 Å². The van der Waals surface area contributed by atoms with E-state index in [2.05, 4.69) is 23.9 Å². The Bertz CT molecular complexity index is 675. The van der Waals surface area contributed by atoms with Crippen LogP contribution in [0.2, 0.25) is 0 Å². The molecule has 0 aliphatic heterocycles. The molecule has 0 radical (unpaired) electrons. The number of carbonyl (C=O) groups is 1. The molecule has 27 heavy (non-hydrogen) atoms. The summed E-state index contributed by atoms with van der Waals surface area (Å²) < 4.78 is 27.8. The fourth-order valence-corrected chi connectivity index (χ4v) is 4.41. The van der Waals surface area contributed by atoms with E-state index in [-0.39, 0.29) is 23.3 Å². The van der Waals surface area contributed by atoms with Gasteiger partial charge in [-0.3, -0.25) is 4.79 Å². The molecule has 1 aromatic carbocycles. The van der Waals surface area contributed by atoms with Gasteiger partial charge in [0.2, 0.25) is 15.9 Å². The van der Waals surface area contributed by atoms with E-state index in [9.17, 15) is 18.3 Å². The Morgan fingerprint density at radius 1 is 1.22 bits per heavy atom. The first kappa shape index (κ1) is 23.9. The number of amides is 1. The Hall–Kier alpha value is -1.09. The van der Waals surface area contributed by atoms with Crippen molar-refractivity contribution < 1.29 is 18.3 Å². The first-order chi connectivity index (χ1) is 12.7. The van der Waals surface area contributed by atoms with E-state index < -0.39 is 16.1 Å². The Balaban J connectivity index is 2.81. The van der Waals surface area contributed by atoms with Crippen molar-refractivity contribution in [3.63, 3.8) is 0 Å². The Morgan fingerprint density at radius 3 is 2.37 bits per heavy atom. The SMILES string of the molecule is CSCC[C@@H](NS(=O)(=O)c1ccc(C)cc1)C(=O)NC[C@@H](CO)CC(C)C. The fourth-order valence-electron chi connectivity index (χ4n) is 2.71. The standard InChI is InChI=1S/C19H32N2O4S2/c1-14(2)11-16(13-22)12-20-19(23)18(9-10-26-4)21-27(24,25)17-7-5-15(3)6-8-17/h5-8,14,16,18,21-22H,9-13H2,1-4H3,(H,20,23)/t16-,18+/m0/s1. The molecule has 0 saturated carbocycles. The van der Waals surface area contributed by atoms with Crippen molar-refractivity contribution in [2.75, 3.05) is 25.2 Å². The lowest BCUT2D eigenvalue weighted by Crippen LogP contribution is -2.48. The van der Waals surface area contributed by atoms with Crippen LogP contribution < -0.4 is 10.0 Å². The van der Waals surface area contributed by atoms with Gasteiger partial charge in [-0.1, -0.05) is 31.5 Å². The van der Waals surface area contributed by atoms with Crippen LogP contribution in [0.1, 0.15) is 32.3 Å². The van der Waals surface area contributed by atoms with Crippen LogP contribution in [-0.4, -0.2) is 50.6 Å². The predicted octanol–water partition coefficient (Wildman–Crippen LogP) is 2.17. The molecule has 0 spiro atoms. The van der Waals surface area contributed by atoms with E-state index in [0.29, 0.717) is 24.6 Å². The number of sulfonamides is 1. The van der Waals surface area contributed by atoms with Gasteiger partial charge in [-0.05, 0) is 55.7 Å². The Kier molecular flexibility index (Phi) is 10.4. The minimum Gasteiger partial charge on any atom is -0.396 e. The van der Waals surface area contributed by atoms with E-state index in [0.717, 1.165) is 12.0 Å². The maximum absolute atomic E-state index is 12.6. The highest BCUT2D eigenvalue weighted by atomic mass is 32.2. The van der Waals surface area contributed by atoms with Gasteiger partial charge in [-0.25, -0.2) is 8.42 Å². The quantitative estimate of drug-likeness (QED) is 0.485. The van der Waals surface area contributed by atoms with Crippen LogP contribution in [0.15, 0.2) is 29.2 Å². The minimum atomic E-state index is -3.78. The molecule has 154 valence electrons. The summed E-state index contributed by atoms with van der Waals surface area (Å²) in [6.45, 7) is 6.31. The number of aliphatic hydroxyl groups is 1. The molecule has 8 heteroatoms. The molecule has 0 saturated heterocycles.